The normalized spacial score (nSPS) is 15.0. The van der Waals surface area contributed by atoms with E-state index >= 15 is 0 Å². The van der Waals surface area contributed by atoms with Crippen LogP contribution in [0.4, 0.5) is 4.39 Å². The Morgan fingerprint density at radius 1 is 1.29 bits per heavy atom. The SMILES string of the molecule is CCOc1cc(C=C2N=C(c3ccccc3F)OC2=O)cc(I)c1OC(C)C. The number of carbonyl (C=O) groups excluding carboxylic acids is 1. The van der Waals surface area contributed by atoms with Crippen molar-refractivity contribution >= 4 is 40.5 Å². The maximum atomic E-state index is 13.9. The fourth-order valence-electron chi connectivity index (χ4n) is 2.60. The van der Waals surface area contributed by atoms with Gasteiger partial charge in [0, 0.05) is 0 Å². The smallest absolute Gasteiger partial charge is 0.363 e. The van der Waals surface area contributed by atoms with E-state index in [9.17, 15) is 9.18 Å². The van der Waals surface area contributed by atoms with Gasteiger partial charge in [-0.3, -0.25) is 0 Å². The first kappa shape index (κ1) is 20.3. The van der Waals surface area contributed by atoms with Gasteiger partial charge in [0.15, 0.2) is 17.2 Å². The van der Waals surface area contributed by atoms with E-state index in [4.69, 9.17) is 14.2 Å². The molecule has 0 bridgehead atoms. The van der Waals surface area contributed by atoms with Gasteiger partial charge in [-0.05, 0) is 79.3 Å². The molecule has 0 N–H and O–H groups in total. The molecular weight excluding hydrogens is 476 g/mol. The quantitative estimate of drug-likeness (QED) is 0.323. The summed E-state index contributed by atoms with van der Waals surface area (Å²) in [5.74, 6) is 0.0602. The van der Waals surface area contributed by atoms with Crippen molar-refractivity contribution in [2.24, 2.45) is 4.99 Å². The lowest BCUT2D eigenvalue weighted by Crippen LogP contribution is -2.09. The van der Waals surface area contributed by atoms with Crippen LogP contribution in [0.5, 0.6) is 11.5 Å². The number of hydrogen-bond acceptors (Lipinski definition) is 5. The minimum Gasteiger partial charge on any atom is -0.490 e. The maximum absolute atomic E-state index is 13.9. The molecule has 1 aliphatic heterocycles. The molecule has 0 aromatic heterocycles. The molecule has 2 aromatic rings. The Kier molecular flexibility index (Phi) is 6.33. The van der Waals surface area contributed by atoms with Crippen LogP contribution in [0.25, 0.3) is 6.08 Å². The molecule has 0 radical (unpaired) electrons. The lowest BCUT2D eigenvalue weighted by atomic mass is 10.1. The topological polar surface area (TPSA) is 57.1 Å². The van der Waals surface area contributed by atoms with Gasteiger partial charge in [0.1, 0.15) is 5.82 Å². The zero-order valence-corrected chi connectivity index (χ0v) is 17.8. The van der Waals surface area contributed by atoms with Crippen LogP contribution in [0.15, 0.2) is 47.1 Å². The molecule has 5 nitrogen and oxygen atoms in total. The zero-order valence-electron chi connectivity index (χ0n) is 15.7. The molecule has 7 heteroatoms. The van der Waals surface area contributed by atoms with E-state index in [1.54, 1.807) is 24.3 Å². The highest BCUT2D eigenvalue weighted by Crippen LogP contribution is 2.36. The van der Waals surface area contributed by atoms with E-state index < -0.39 is 11.8 Å². The molecule has 0 aliphatic carbocycles. The predicted molar refractivity (Wildman–Crippen MR) is 113 cm³/mol. The lowest BCUT2D eigenvalue weighted by molar-refractivity contribution is -0.129. The number of cyclic esters (lactones) is 1. The minimum absolute atomic E-state index is 0.00494. The van der Waals surface area contributed by atoms with Gasteiger partial charge in [0.2, 0.25) is 5.90 Å². The Morgan fingerprint density at radius 3 is 2.71 bits per heavy atom. The van der Waals surface area contributed by atoms with E-state index in [2.05, 4.69) is 27.6 Å². The molecule has 0 spiro atoms. The molecule has 1 aliphatic rings. The molecule has 3 rings (SSSR count). The van der Waals surface area contributed by atoms with Crippen molar-refractivity contribution in [1.29, 1.82) is 0 Å². The van der Waals surface area contributed by atoms with Crippen molar-refractivity contribution in [2.45, 2.75) is 26.9 Å². The Balaban J connectivity index is 1.98. The van der Waals surface area contributed by atoms with E-state index in [-0.39, 0.29) is 23.3 Å². The third-order valence-corrected chi connectivity index (χ3v) is 4.51. The van der Waals surface area contributed by atoms with Crippen molar-refractivity contribution in [1.82, 2.24) is 0 Å². The fraction of sp³-hybridized carbons (Fsp3) is 0.238. The zero-order chi connectivity index (χ0) is 20.3. The maximum Gasteiger partial charge on any atom is 0.363 e. The molecule has 0 fully saturated rings. The molecule has 28 heavy (non-hydrogen) atoms. The number of hydrogen-bond donors (Lipinski definition) is 0. The van der Waals surface area contributed by atoms with Crippen molar-refractivity contribution in [2.75, 3.05) is 6.61 Å². The number of nitrogens with zero attached hydrogens (tertiary/aromatic N) is 1. The van der Waals surface area contributed by atoms with Crippen LogP contribution in [0, 0.1) is 9.39 Å². The average molecular weight is 495 g/mol. The van der Waals surface area contributed by atoms with Crippen LogP contribution in [-0.4, -0.2) is 24.6 Å². The second kappa shape index (κ2) is 8.72. The van der Waals surface area contributed by atoms with Gasteiger partial charge < -0.3 is 14.2 Å². The highest BCUT2D eigenvalue weighted by atomic mass is 127. The standard InChI is InChI=1S/C21H19FINO4/c1-4-26-18-11-13(9-16(23)19(18)27-12(2)3)10-17-21(25)28-20(24-17)14-7-5-6-8-15(14)22/h5-12H,4H2,1-3H3. The summed E-state index contributed by atoms with van der Waals surface area (Å²) in [7, 11) is 0. The number of ether oxygens (including phenoxy) is 3. The molecule has 2 aromatic carbocycles. The first-order chi connectivity index (χ1) is 13.4. The predicted octanol–water partition coefficient (Wildman–Crippen LogP) is 4.96. The molecule has 0 saturated carbocycles. The largest absolute Gasteiger partial charge is 0.490 e. The van der Waals surface area contributed by atoms with Crippen molar-refractivity contribution in [3.8, 4) is 11.5 Å². The van der Waals surface area contributed by atoms with Gasteiger partial charge in [-0.1, -0.05) is 12.1 Å². The lowest BCUT2D eigenvalue weighted by Gasteiger charge is -2.16. The Labute approximate surface area is 176 Å². The Hall–Kier alpha value is -2.42. The molecule has 1 heterocycles. The number of esters is 1. The molecular formula is C21H19FINO4. The van der Waals surface area contributed by atoms with Gasteiger partial charge in [-0.15, -0.1) is 0 Å². The summed E-state index contributed by atoms with van der Waals surface area (Å²) in [4.78, 5) is 16.4. The average Bonchev–Trinajstić information content (AvgIpc) is 2.99. The first-order valence-electron chi connectivity index (χ1n) is 8.79. The number of benzene rings is 2. The van der Waals surface area contributed by atoms with Crippen LogP contribution >= 0.6 is 22.6 Å². The molecule has 146 valence electrons. The summed E-state index contributed by atoms with van der Waals surface area (Å²) in [5.41, 5.74) is 0.938. The van der Waals surface area contributed by atoms with E-state index in [1.165, 1.54) is 12.1 Å². The fourth-order valence-corrected chi connectivity index (χ4v) is 3.35. The van der Waals surface area contributed by atoms with Crippen LogP contribution in [-0.2, 0) is 9.53 Å². The summed E-state index contributed by atoms with van der Waals surface area (Å²) in [5, 5.41) is 0. The van der Waals surface area contributed by atoms with Gasteiger partial charge >= 0.3 is 5.97 Å². The molecule has 0 saturated heterocycles. The van der Waals surface area contributed by atoms with Gasteiger partial charge in [0.25, 0.3) is 0 Å². The van der Waals surface area contributed by atoms with Crippen molar-refractivity contribution < 1.29 is 23.4 Å². The highest BCUT2D eigenvalue weighted by molar-refractivity contribution is 14.1. The minimum atomic E-state index is -0.631. The van der Waals surface area contributed by atoms with Crippen molar-refractivity contribution in [3.63, 3.8) is 0 Å². The first-order valence-corrected chi connectivity index (χ1v) is 9.87. The Bertz CT molecular complexity index is 969. The van der Waals surface area contributed by atoms with E-state index in [0.717, 1.165) is 3.57 Å². The van der Waals surface area contributed by atoms with E-state index in [1.807, 2.05) is 26.8 Å². The van der Waals surface area contributed by atoms with Crippen LogP contribution < -0.4 is 9.47 Å². The van der Waals surface area contributed by atoms with Gasteiger partial charge in [-0.25, -0.2) is 14.2 Å². The number of rotatable bonds is 6. The summed E-state index contributed by atoms with van der Waals surface area (Å²) in [6.45, 7) is 6.24. The third kappa shape index (κ3) is 4.52. The second-order valence-electron chi connectivity index (χ2n) is 6.25. The van der Waals surface area contributed by atoms with Crippen LogP contribution in [0.1, 0.15) is 31.9 Å². The van der Waals surface area contributed by atoms with Crippen LogP contribution in [0.3, 0.4) is 0 Å². The monoisotopic (exact) mass is 495 g/mol. The summed E-state index contributed by atoms with van der Waals surface area (Å²) in [6, 6.07) is 9.65. The second-order valence-corrected chi connectivity index (χ2v) is 7.41. The highest BCUT2D eigenvalue weighted by Gasteiger charge is 2.26. The Morgan fingerprint density at radius 2 is 2.04 bits per heavy atom. The molecule has 0 unspecified atom stereocenters. The summed E-state index contributed by atoms with van der Waals surface area (Å²) >= 11 is 2.16. The van der Waals surface area contributed by atoms with Crippen LogP contribution in [0.2, 0.25) is 0 Å². The summed E-state index contributed by atoms with van der Waals surface area (Å²) < 4.78 is 31.5. The third-order valence-electron chi connectivity index (χ3n) is 3.71. The number of carbonyl (C=O) groups is 1. The van der Waals surface area contributed by atoms with Crippen molar-refractivity contribution in [3.05, 3.63) is 62.6 Å². The molecule has 0 amide bonds. The number of aliphatic imine (C=N–C) groups is 1. The van der Waals surface area contributed by atoms with Gasteiger partial charge in [0.05, 0.1) is 21.8 Å². The summed E-state index contributed by atoms with van der Waals surface area (Å²) in [6.07, 6.45) is 1.58. The van der Waals surface area contributed by atoms with E-state index in [0.29, 0.717) is 23.7 Å². The van der Waals surface area contributed by atoms with Gasteiger partial charge in [-0.2, -0.15) is 0 Å². The molecule has 0 atom stereocenters. The number of halogens is 2.